The molecule has 1 aliphatic rings. The van der Waals surface area contributed by atoms with Gasteiger partial charge in [0.15, 0.2) is 6.61 Å². The molecule has 5 heteroatoms. The number of hydrogen-bond acceptors (Lipinski definition) is 4. The molecule has 0 radical (unpaired) electrons. The first-order chi connectivity index (χ1) is 12.2. The summed E-state index contributed by atoms with van der Waals surface area (Å²) < 4.78 is 11.7. The minimum absolute atomic E-state index is 0.0273. The van der Waals surface area contributed by atoms with Gasteiger partial charge in [-0.1, -0.05) is 0 Å². The van der Waals surface area contributed by atoms with Crippen molar-refractivity contribution in [2.75, 3.05) is 13.7 Å². The van der Waals surface area contributed by atoms with E-state index in [4.69, 9.17) is 9.15 Å². The molecule has 1 aliphatic carbocycles. The molecule has 0 atom stereocenters. The van der Waals surface area contributed by atoms with Crippen molar-refractivity contribution in [2.24, 2.45) is 0 Å². The van der Waals surface area contributed by atoms with E-state index in [9.17, 15) is 4.79 Å². The van der Waals surface area contributed by atoms with Crippen LogP contribution in [0.4, 0.5) is 0 Å². The normalized spacial score (nSPS) is 13.6. The molecular weight excluding hydrogens is 334 g/mol. The molecule has 0 N–H and O–H groups in total. The van der Waals surface area contributed by atoms with Crippen LogP contribution in [0.3, 0.4) is 0 Å². The molecular formula is C20H21NO3S. The van der Waals surface area contributed by atoms with Crippen LogP contribution in [0, 0.1) is 0 Å². The minimum Gasteiger partial charge on any atom is -0.484 e. The number of furan rings is 1. The lowest BCUT2D eigenvalue weighted by Crippen LogP contribution is -2.30. The smallest absolute Gasteiger partial charge is 0.260 e. The predicted octanol–water partition coefficient (Wildman–Crippen LogP) is 4.41. The predicted molar refractivity (Wildman–Crippen MR) is 99.1 cm³/mol. The van der Waals surface area contributed by atoms with Gasteiger partial charge in [0.1, 0.15) is 17.1 Å². The van der Waals surface area contributed by atoms with Crippen LogP contribution in [-0.4, -0.2) is 24.5 Å². The molecule has 0 aliphatic heterocycles. The fourth-order valence-corrected chi connectivity index (χ4v) is 3.99. The molecule has 0 unspecified atom stereocenters. The number of nitrogens with zero attached hydrogens (tertiary/aromatic N) is 1. The van der Waals surface area contributed by atoms with Crippen LogP contribution in [0.5, 0.6) is 5.75 Å². The van der Waals surface area contributed by atoms with Crippen molar-refractivity contribution in [1.82, 2.24) is 4.90 Å². The molecule has 0 saturated heterocycles. The standard InChI is InChI=1S/C20H21NO3S/c1-21(11-14-8-9-25-13-14)20(22)12-23-15-6-7-19-17(10-15)16-4-2-3-5-18(16)24-19/h6-10,13H,2-5,11-12H2,1H3. The maximum atomic E-state index is 12.3. The van der Waals surface area contributed by atoms with Crippen molar-refractivity contribution in [3.8, 4) is 5.75 Å². The number of ether oxygens (including phenoxy) is 1. The van der Waals surface area contributed by atoms with Crippen molar-refractivity contribution in [2.45, 2.75) is 32.2 Å². The number of hydrogen-bond donors (Lipinski definition) is 0. The molecule has 4 rings (SSSR count). The van der Waals surface area contributed by atoms with Crippen molar-refractivity contribution >= 4 is 28.2 Å². The van der Waals surface area contributed by atoms with E-state index < -0.39 is 0 Å². The number of likely N-dealkylation sites (N-methyl/N-ethyl adjacent to an activating group) is 1. The lowest BCUT2D eigenvalue weighted by Gasteiger charge is -2.16. The van der Waals surface area contributed by atoms with Crippen molar-refractivity contribution < 1.29 is 13.9 Å². The molecule has 0 spiro atoms. The largest absolute Gasteiger partial charge is 0.484 e. The Kier molecular flexibility index (Phi) is 4.49. The fourth-order valence-electron chi connectivity index (χ4n) is 3.33. The topological polar surface area (TPSA) is 42.7 Å². The number of carbonyl (C=O) groups is 1. The molecule has 25 heavy (non-hydrogen) atoms. The zero-order valence-electron chi connectivity index (χ0n) is 14.3. The molecule has 0 bridgehead atoms. The maximum Gasteiger partial charge on any atom is 0.260 e. The Morgan fingerprint density at radius 2 is 2.16 bits per heavy atom. The van der Waals surface area contributed by atoms with E-state index in [2.05, 4.69) is 5.38 Å². The number of thiophene rings is 1. The third kappa shape index (κ3) is 3.42. The van der Waals surface area contributed by atoms with Crippen molar-refractivity contribution in [3.05, 3.63) is 51.9 Å². The first kappa shape index (κ1) is 16.2. The van der Waals surface area contributed by atoms with Crippen LogP contribution in [0.25, 0.3) is 11.0 Å². The van der Waals surface area contributed by atoms with Crippen LogP contribution in [-0.2, 0) is 24.2 Å². The molecule has 3 aromatic rings. The van der Waals surface area contributed by atoms with Crippen molar-refractivity contribution in [1.29, 1.82) is 0 Å². The average molecular weight is 355 g/mol. The van der Waals surface area contributed by atoms with Gasteiger partial charge < -0.3 is 14.1 Å². The molecule has 0 fully saturated rings. The zero-order chi connectivity index (χ0) is 17.2. The van der Waals surface area contributed by atoms with Gasteiger partial charge >= 0.3 is 0 Å². The van der Waals surface area contributed by atoms with Gasteiger partial charge in [0.05, 0.1) is 0 Å². The molecule has 130 valence electrons. The third-order valence-corrected chi connectivity index (χ3v) is 5.45. The lowest BCUT2D eigenvalue weighted by atomic mass is 9.96. The Balaban J connectivity index is 1.43. The third-order valence-electron chi connectivity index (χ3n) is 4.71. The van der Waals surface area contributed by atoms with Gasteiger partial charge in [-0.15, -0.1) is 0 Å². The Labute approximate surface area is 151 Å². The summed E-state index contributed by atoms with van der Waals surface area (Å²) in [6, 6.07) is 7.87. The molecule has 1 amide bonds. The SMILES string of the molecule is CN(Cc1ccsc1)C(=O)COc1ccc2oc3c(c2c1)CCCC3. The lowest BCUT2D eigenvalue weighted by molar-refractivity contribution is -0.132. The Bertz CT molecular complexity index is 882. The van der Waals surface area contributed by atoms with Crippen LogP contribution < -0.4 is 4.74 Å². The van der Waals surface area contributed by atoms with Crippen LogP contribution in [0.2, 0.25) is 0 Å². The van der Waals surface area contributed by atoms with Gasteiger partial charge in [-0.2, -0.15) is 11.3 Å². The van der Waals surface area contributed by atoms with Gasteiger partial charge in [-0.05, 0) is 59.9 Å². The van der Waals surface area contributed by atoms with E-state index >= 15 is 0 Å². The minimum atomic E-state index is -0.0273. The Morgan fingerprint density at radius 1 is 1.28 bits per heavy atom. The summed E-state index contributed by atoms with van der Waals surface area (Å²) in [5.41, 5.74) is 3.38. The first-order valence-electron chi connectivity index (χ1n) is 8.63. The first-order valence-corrected chi connectivity index (χ1v) is 9.57. The van der Waals surface area contributed by atoms with Crippen LogP contribution in [0.1, 0.15) is 29.7 Å². The summed E-state index contributed by atoms with van der Waals surface area (Å²) in [7, 11) is 1.80. The van der Waals surface area contributed by atoms with Gasteiger partial charge in [0.25, 0.3) is 5.91 Å². The Morgan fingerprint density at radius 3 is 3.00 bits per heavy atom. The highest BCUT2D eigenvalue weighted by Gasteiger charge is 2.18. The second-order valence-electron chi connectivity index (χ2n) is 6.54. The summed E-state index contributed by atoms with van der Waals surface area (Å²) >= 11 is 1.64. The number of amides is 1. The number of fused-ring (bicyclic) bond motifs is 3. The monoisotopic (exact) mass is 355 g/mol. The van der Waals surface area contributed by atoms with Gasteiger partial charge in [-0.25, -0.2) is 0 Å². The van der Waals surface area contributed by atoms with Crippen LogP contribution in [0.15, 0.2) is 39.4 Å². The number of rotatable bonds is 5. The van der Waals surface area contributed by atoms with Crippen molar-refractivity contribution in [3.63, 3.8) is 0 Å². The summed E-state index contributed by atoms with van der Waals surface area (Å²) in [4.78, 5) is 14.0. The summed E-state index contributed by atoms with van der Waals surface area (Å²) in [5, 5.41) is 5.21. The van der Waals surface area contributed by atoms with E-state index in [1.165, 1.54) is 18.4 Å². The van der Waals surface area contributed by atoms with E-state index in [1.807, 2.05) is 29.6 Å². The summed E-state index contributed by atoms with van der Waals surface area (Å²) in [6.07, 6.45) is 4.49. The highest BCUT2D eigenvalue weighted by Crippen LogP contribution is 2.33. The molecule has 2 aromatic heterocycles. The maximum absolute atomic E-state index is 12.3. The summed E-state index contributed by atoms with van der Waals surface area (Å²) in [5.74, 6) is 1.81. The molecule has 0 saturated carbocycles. The van der Waals surface area contributed by atoms with E-state index in [0.717, 1.165) is 40.9 Å². The molecule has 1 aromatic carbocycles. The second-order valence-corrected chi connectivity index (χ2v) is 7.32. The number of carbonyl (C=O) groups excluding carboxylic acids is 1. The number of benzene rings is 1. The molecule has 4 nitrogen and oxygen atoms in total. The van der Waals surface area contributed by atoms with Gasteiger partial charge in [-0.3, -0.25) is 4.79 Å². The Hall–Kier alpha value is -2.27. The van der Waals surface area contributed by atoms with Crippen LogP contribution >= 0.6 is 11.3 Å². The van der Waals surface area contributed by atoms with Gasteiger partial charge in [0.2, 0.25) is 0 Å². The van der Waals surface area contributed by atoms with Gasteiger partial charge in [0, 0.05) is 31.0 Å². The number of aryl methyl sites for hydroxylation is 2. The van der Waals surface area contributed by atoms with E-state index in [0.29, 0.717) is 6.54 Å². The quantitative estimate of drug-likeness (QED) is 0.681. The summed E-state index contributed by atoms with van der Waals surface area (Å²) in [6.45, 7) is 0.659. The highest BCUT2D eigenvalue weighted by molar-refractivity contribution is 7.07. The average Bonchev–Trinajstić information content (AvgIpc) is 3.26. The zero-order valence-corrected chi connectivity index (χ0v) is 15.1. The molecule has 2 heterocycles. The fraction of sp³-hybridized carbons (Fsp3) is 0.350. The highest BCUT2D eigenvalue weighted by atomic mass is 32.1. The van der Waals surface area contributed by atoms with E-state index in [-0.39, 0.29) is 12.5 Å². The van der Waals surface area contributed by atoms with E-state index in [1.54, 1.807) is 23.3 Å². The second kappa shape index (κ2) is 6.92.